The van der Waals surface area contributed by atoms with E-state index in [4.69, 9.17) is 16.3 Å². The summed E-state index contributed by atoms with van der Waals surface area (Å²) in [7, 11) is 0. The molecule has 24 heavy (non-hydrogen) atoms. The molecule has 1 saturated heterocycles. The van der Waals surface area contributed by atoms with Crippen molar-refractivity contribution in [2.24, 2.45) is 0 Å². The Morgan fingerprint density at radius 3 is 2.83 bits per heavy atom. The quantitative estimate of drug-likeness (QED) is 0.797. The zero-order chi connectivity index (χ0) is 17.7. The van der Waals surface area contributed by atoms with Crippen molar-refractivity contribution in [3.63, 3.8) is 0 Å². The van der Waals surface area contributed by atoms with Gasteiger partial charge in [0.05, 0.1) is 0 Å². The first-order chi connectivity index (χ1) is 11.2. The van der Waals surface area contributed by atoms with Crippen LogP contribution >= 0.6 is 11.6 Å². The Labute approximate surface area is 150 Å². The van der Waals surface area contributed by atoms with Gasteiger partial charge >= 0.3 is 6.09 Å². The van der Waals surface area contributed by atoms with Gasteiger partial charge in [0.1, 0.15) is 5.60 Å². The molecule has 1 N–H and O–H groups in total. The van der Waals surface area contributed by atoms with E-state index in [2.05, 4.69) is 12.2 Å². The fraction of sp³-hybridized carbons (Fsp3) is 0.632. The first-order valence-electron chi connectivity index (χ1n) is 8.76. The third-order valence-electron chi connectivity index (χ3n) is 4.12. The van der Waals surface area contributed by atoms with Crippen LogP contribution in [0.1, 0.15) is 53.4 Å². The van der Waals surface area contributed by atoms with Crippen LogP contribution in [0.15, 0.2) is 24.3 Å². The van der Waals surface area contributed by atoms with Gasteiger partial charge in [0.2, 0.25) is 0 Å². The van der Waals surface area contributed by atoms with Crippen LogP contribution in [-0.2, 0) is 4.74 Å². The second-order valence-corrected chi connectivity index (χ2v) is 8.05. The minimum absolute atomic E-state index is 0.192. The van der Waals surface area contributed by atoms with Gasteiger partial charge in [-0.25, -0.2) is 4.79 Å². The highest BCUT2D eigenvalue weighted by atomic mass is 35.5. The normalized spacial score (nSPS) is 19.7. The fourth-order valence-electron chi connectivity index (χ4n) is 3.14. The summed E-state index contributed by atoms with van der Waals surface area (Å²) in [6, 6.07) is 8.19. The average molecular weight is 353 g/mol. The number of carbonyl (C=O) groups is 1. The molecule has 5 heteroatoms. The van der Waals surface area contributed by atoms with Gasteiger partial charge in [-0.1, -0.05) is 17.7 Å². The smallest absolute Gasteiger partial charge is 0.410 e. The predicted octanol–water partition coefficient (Wildman–Crippen LogP) is 5.32. The Morgan fingerprint density at radius 1 is 1.42 bits per heavy atom. The van der Waals surface area contributed by atoms with Gasteiger partial charge in [-0.3, -0.25) is 0 Å². The molecule has 1 amide bonds. The van der Waals surface area contributed by atoms with Gasteiger partial charge in [-0.05, 0) is 71.6 Å². The second-order valence-electron chi connectivity index (χ2n) is 7.61. The van der Waals surface area contributed by atoms with Crippen LogP contribution in [0.5, 0.6) is 0 Å². The number of hydrogen-bond donors (Lipinski definition) is 1. The Hall–Kier alpha value is -1.42. The van der Waals surface area contributed by atoms with Crippen molar-refractivity contribution in [1.82, 2.24) is 4.90 Å². The highest BCUT2D eigenvalue weighted by molar-refractivity contribution is 6.30. The first-order valence-corrected chi connectivity index (χ1v) is 9.14. The Balaban J connectivity index is 1.96. The SMILES string of the molecule is CC(CC1CCCCN1C(=O)OC(C)(C)C)Nc1cccc(Cl)c1. The zero-order valence-corrected chi connectivity index (χ0v) is 15.9. The van der Waals surface area contributed by atoms with Crippen molar-refractivity contribution in [3.8, 4) is 0 Å². The van der Waals surface area contributed by atoms with Gasteiger partial charge in [0, 0.05) is 29.3 Å². The van der Waals surface area contributed by atoms with Crippen molar-refractivity contribution in [1.29, 1.82) is 0 Å². The Morgan fingerprint density at radius 2 is 2.17 bits per heavy atom. The lowest BCUT2D eigenvalue weighted by Gasteiger charge is -2.38. The van der Waals surface area contributed by atoms with E-state index in [1.807, 2.05) is 49.9 Å². The number of amides is 1. The lowest BCUT2D eigenvalue weighted by Crippen LogP contribution is -2.47. The Kier molecular flexibility index (Phi) is 6.39. The summed E-state index contributed by atoms with van der Waals surface area (Å²) in [6.07, 6.45) is 3.94. The van der Waals surface area contributed by atoms with Crippen LogP contribution in [0.25, 0.3) is 0 Å². The molecule has 4 nitrogen and oxygen atoms in total. The van der Waals surface area contributed by atoms with E-state index < -0.39 is 5.60 Å². The number of benzene rings is 1. The molecule has 1 fully saturated rings. The summed E-state index contributed by atoms with van der Waals surface area (Å²) in [5.41, 5.74) is 0.554. The molecule has 2 atom stereocenters. The molecule has 0 saturated carbocycles. The van der Waals surface area contributed by atoms with Crippen LogP contribution in [0, 0.1) is 0 Å². The van der Waals surface area contributed by atoms with Crippen LogP contribution in [-0.4, -0.2) is 35.2 Å². The number of carbonyl (C=O) groups excluding carboxylic acids is 1. The number of rotatable bonds is 4. The summed E-state index contributed by atoms with van der Waals surface area (Å²) >= 11 is 6.04. The van der Waals surface area contributed by atoms with Crippen molar-refractivity contribution in [2.45, 2.75) is 71.1 Å². The molecule has 0 radical (unpaired) electrons. The molecule has 0 spiro atoms. The molecule has 2 unspecified atom stereocenters. The number of nitrogens with one attached hydrogen (secondary N) is 1. The van der Waals surface area contributed by atoms with E-state index >= 15 is 0 Å². The van der Waals surface area contributed by atoms with E-state index in [0.717, 1.165) is 42.9 Å². The summed E-state index contributed by atoms with van der Waals surface area (Å²) in [4.78, 5) is 14.4. The van der Waals surface area contributed by atoms with Crippen molar-refractivity contribution in [2.75, 3.05) is 11.9 Å². The summed E-state index contributed by atoms with van der Waals surface area (Å²) < 4.78 is 5.57. The minimum Gasteiger partial charge on any atom is -0.444 e. The molecule has 1 heterocycles. The topological polar surface area (TPSA) is 41.6 Å². The molecule has 1 aromatic carbocycles. The third kappa shape index (κ3) is 5.90. The standard InChI is InChI=1S/C19H29ClN2O2/c1-14(21-16-9-7-8-15(20)13-16)12-17-10-5-6-11-22(17)18(23)24-19(2,3)4/h7-9,13-14,17,21H,5-6,10-12H2,1-4H3. The highest BCUT2D eigenvalue weighted by Gasteiger charge is 2.31. The molecule has 1 aliphatic heterocycles. The molecule has 0 aromatic heterocycles. The van der Waals surface area contributed by atoms with Gasteiger partial charge in [0.15, 0.2) is 0 Å². The summed E-state index contributed by atoms with van der Waals surface area (Å²) in [5, 5.41) is 4.20. The number of halogens is 1. The second kappa shape index (κ2) is 8.11. The minimum atomic E-state index is -0.455. The van der Waals surface area contributed by atoms with E-state index in [1.54, 1.807) is 0 Å². The monoisotopic (exact) mass is 352 g/mol. The van der Waals surface area contributed by atoms with Gasteiger partial charge in [-0.2, -0.15) is 0 Å². The maximum absolute atomic E-state index is 12.5. The number of nitrogens with zero attached hydrogens (tertiary/aromatic N) is 1. The summed E-state index contributed by atoms with van der Waals surface area (Å²) in [5.74, 6) is 0. The molecule has 134 valence electrons. The maximum atomic E-state index is 12.5. The molecular weight excluding hydrogens is 324 g/mol. The number of likely N-dealkylation sites (tertiary alicyclic amines) is 1. The molecule has 1 aromatic rings. The van der Waals surface area contributed by atoms with Gasteiger partial charge in [-0.15, -0.1) is 0 Å². The van der Waals surface area contributed by atoms with Crippen LogP contribution in [0.4, 0.5) is 10.5 Å². The van der Waals surface area contributed by atoms with Crippen LogP contribution < -0.4 is 5.32 Å². The van der Waals surface area contributed by atoms with Gasteiger partial charge < -0.3 is 15.0 Å². The molecule has 2 rings (SSSR count). The molecule has 1 aliphatic rings. The summed E-state index contributed by atoms with van der Waals surface area (Å²) in [6.45, 7) is 8.65. The third-order valence-corrected chi connectivity index (χ3v) is 4.35. The van der Waals surface area contributed by atoms with E-state index in [0.29, 0.717) is 0 Å². The Bertz CT molecular complexity index is 557. The van der Waals surface area contributed by atoms with Crippen molar-refractivity contribution in [3.05, 3.63) is 29.3 Å². The number of piperidine rings is 1. The molecular formula is C19H29ClN2O2. The zero-order valence-electron chi connectivity index (χ0n) is 15.1. The van der Waals surface area contributed by atoms with E-state index in [1.165, 1.54) is 0 Å². The first kappa shape index (κ1) is 18.9. The number of anilines is 1. The van der Waals surface area contributed by atoms with Gasteiger partial charge in [0.25, 0.3) is 0 Å². The van der Waals surface area contributed by atoms with E-state index in [-0.39, 0.29) is 18.2 Å². The fourth-order valence-corrected chi connectivity index (χ4v) is 3.33. The number of hydrogen-bond acceptors (Lipinski definition) is 3. The van der Waals surface area contributed by atoms with Crippen molar-refractivity contribution < 1.29 is 9.53 Å². The number of ether oxygens (including phenoxy) is 1. The van der Waals surface area contributed by atoms with Crippen molar-refractivity contribution >= 4 is 23.4 Å². The predicted molar refractivity (Wildman–Crippen MR) is 99.7 cm³/mol. The largest absolute Gasteiger partial charge is 0.444 e. The average Bonchev–Trinajstić information content (AvgIpc) is 2.45. The van der Waals surface area contributed by atoms with E-state index in [9.17, 15) is 4.79 Å². The lowest BCUT2D eigenvalue weighted by atomic mass is 9.96. The van der Waals surface area contributed by atoms with Crippen LogP contribution in [0.3, 0.4) is 0 Å². The molecule has 0 aliphatic carbocycles. The van der Waals surface area contributed by atoms with Crippen LogP contribution in [0.2, 0.25) is 5.02 Å². The highest BCUT2D eigenvalue weighted by Crippen LogP contribution is 2.25. The lowest BCUT2D eigenvalue weighted by molar-refractivity contribution is 0.00852. The maximum Gasteiger partial charge on any atom is 0.410 e. The molecule has 0 bridgehead atoms.